The Labute approximate surface area is 184 Å². The van der Waals surface area contributed by atoms with Crippen molar-refractivity contribution in [2.45, 2.75) is 5.60 Å². The monoisotopic (exact) mass is 432 g/mol. The zero-order valence-electron chi connectivity index (χ0n) is 16.6. The summed E-state index contributed by atoms with van der Waals surface area (Å²) in [4.78, 5) is 22.6. The molecule has 0 atom stereocenters. The van der Waals surface area contributed by atoms with Crippen molar-refractivity contribution in [1.29, 1.82) is 0 Å². The van der Waals surface area contributed by atoms with Gasteiger partial charge < -0.3 is 4.74 Å². The number of cyclic esters (lactones) is 1. The maximum absolute atomic E-state index is 12.9. The average molecular weight is 433 g/mol. The van der Waals surface area contributed by atoms with Crippen LogP contribution < -0.4 is 0 Å². The Morgan fingerprint density at radius 3 is 1.70 bits per heavy atom. The molecular weight excluding hydrogens is 412 g/mol. The van der Waals surface area contributed by atoms with E-state index >= 15 is 0 Å². The van der Waals surface area contributed by atoms with E-state index in [-0.39, 0.29) is 5.97 Å². The summed E-state index contributed by atoms with van der Waals surface area (Å²) < 4.78 is 6.13. The summed E-state index contributed by atoms with van der Waals surface area (Å²) >= 11 is 2.92. The number of carbonyl (C=O) groups excluding carboxylic acids is 1. The third kappa shape index (κ3) is 3.68. The van der Waals surface area contributed by atoms with Crippen molar-refractivity contribution in [3.8, 4) is 0 Å². The summed E-state index contributed by atoms with van der Waals surface area (Å²) in [7, 11) is 0. The van der Waals surface area contributed by atoms with Crippen LogP contribution in [0.4, 0.5) is 11.4 Å². The molecule has 0 saturated heterocycles. The van der Waals surface area contributed by atoms with E-state index in [1.165, 1.54) is 23.5 Å². The van der Waals surface area contributed by atoms with E-state index in [4.69, 9.17) is 14.7 Å². The van der Waals surface area contributed by atoms with Crippen LogP contribution in [-0.4, -0.2) is 28.6 Å². The number of rotatable bonds is 4. The van der Waals surface area contributed by atoms with E-state index in [2.05, 4.69) is 0 Å². The van der Waals surface area contributed by atoms with E-state index < -0.39 is 5.60 Å². The normalized spacial score (nSPS) is 18.8. The molecule has 0 N–H and O–H groups in total. The molecule has 150 valence electrons. The van der Waals surface area contributed by atoms with Crippen LogP contribution in [0.25, 0.3) is 0 Å². The number of para-hydroxylation sites is 2. The molecular formula is C24H20N2O2S2. The number of esters is 1. The number of benzene rings is 3. The molecule has 6 heteroatoms. The highest BCUT2D eigenvalue weighted by atomic mass is 32.2. The van der Waals surface area contributed by atoms with Gasteiger partial charge in [0.05, 0.1) is 16.9 Å². The molecule has 0 fully saturated rings. The lowest BCUT2D eigenvalue weighted by atomic mass is 9.93. The molecule has 0 amide bonds. The first-order valence-electron chi connectivity index (χ1n) is 9.38. The van der Waals surface area contributed by atoms with Crippen LogP contribution in [-0.2, 0) is 10.3 Å². The summed E-state index contributed by atoms with van der Waals surface area (Å²) in [6.07, 6.45) is 3.89. The number of nitrogens with zero attached hydrogens (tertiary/aromatic N) is 2. The molecule has 1 heterocycles. The number of carbonyl (C=O) groups is 1. The van der Waals surface area contributed by atoms with Gasteiger partial charge in [0.25, 0.3) is 0 Å². The number of hydrogen-bond donors (Lipinski definition) is 0. The Morgan fingerprint density at radius 2 is 1.20 bits per heavy atom. The third-order valence-corrected chi connectivity index (χ3v) is 6.27. The van der Waals surface area contributed by atoms with Crippen molar-refractivity contribution in [2.75, 3.05) is 12.5 Å². The molecule has 1 aliphatic rings. The highest BCUT2D eigenvalue weighted by molar-refractivity contribution is 8.15. The molecule has 3 aromatic carbocycles. The smallest absolute Gasteiger partial charge is 0.340 e. The van der Waals surface area contributed by atoms with Crippen LogP contribution in [0.5, 0.6) is 0 Å². The molecule has 0 spiro atoms. The zero-order valence-corrected chi connectivity index (χ0v) is 18.2. The maximum Gasteiger partial charge on any atom is 0.340 e. The van der Waals surface area contributed by atoms with Gasteiger partial charge in [-0.3, -0.25) is 0 Å². The van der Waals surface area contributed by atoms with Crippen molar-refractivity contribution in [2.24, 2.45) is 9.98 Å². The number of aliphatic imine (C=N–C) groups is 2. The molecule has 4 nitrogen and oxygen atoms in total. The van der Waals surface area contributed by atoms with Crippen LogP contribution in [0.3, 0.4) is 0 Å². The standard InChI is InChI=1S/C24H20N2O2S2/c1-29-22(25-17-11-5-3-6-12-17)24(20-16-10-9-15-19(20)21(27)28-24)23(30-2)26-18-13-7-4-8-14-18/h3-16H,1-2H3. The minimum Gasteiger partial charge on any atom is -0.436 e. The van der Waals surface area contributed by atoms with Gasteiger partial charge in [-0.25, -0.2) is 14.8 Å². The van der Waals surface area contributed by atoms with Crippen LogP contribution >= 0.6 is 23.5 Å². The fraction of sp³-hybridized carbons (Fsp3) is 0.125. The minimum atomic E-state index is -1.18. The van der Waals surface area contributed by atoms with Gasteiger partial charge in [-0.05, 0) is 42.8 Å². The molecule has 4 rings (SSSR count). The fourth-order valence-corrected chi connectivity index (χ4v) is 4.93. The van der Waals surface area contributed by atoms with Gasteiger partial charge >= 0.3 is 5.97 Å². The van der Waals surface area contributed by atoms with E-state index in [1.54, 1.807) is 6.07 Å². The summed E-state index contributed by atoms with van der Waals surface area (Å²) in [5, 5.41) is 1.33. The lowest BCUT2D eigenvalue weighted by Crippen LogP contribution is -2.41. The highest BCUT2D eigenvalue weighted by Crippen LogP contribution is 2.45. The van der Waals surface area contributed by atoms with E-state index in [0.717, 1.165) is 16.9 Å². The molecule has 0 aliphatic carbocycles. The van der Waals surface area contributed by atoms with Crippen LogP contribution in [0, 0.1) is 0 Å². The lowest BCUT2D eigenvalue weighted by molar-refractivity contribution is 0.0403. The molecule has 1 aliphatic heterocycles. The van der Waals surface area contributed by atoms with Gasteiger partial charge in [-0.2, -0.15) is 0 Å². The Morgan fingerprint density at radius 1 is 0.733 bits per heavy atom. The first kappa shape index (κ1) is 20.4. The predicted octanol–water partition coefficient (Wildman–Crippen LogP) is 6.24. The quantitative estimate of drug-likeness (QED) is 0.278. The summed E-state index contributed by atoms with van der Waals surface area (Å²) in [6, 6.07) is 26.8. The number of ether oxygens (including phenoxy) is 1. The van der Waals surface area contributed by atoms with Crippen molar-refractivity contribution < 1.29 is 9.53 Å². The first-order valence-corrected chi connectivity index (χ1v) is 11.8. The minimum absolute atomic E-state index is 0.366. The number of hydrogen-bond acceptors (Lipinski definition) is 6. The van der Waals surface area contributed by atoms with Crippen LogP contribution in [0.1, 0.15) is 15.9 Å². The molecule has 0 unspecified atom stereocenters. The van der Waals surface area contributed by atoms with Crippen molar-refractivity contribution >= 4 is 51.0 Å². The first-order chi connectivity index (χ1) is 14.7. The Kier molecular flexibility index (Phi) is 6.06. The van der Waals surface area contributed by atoms with Gasteiger partial charge in [0.15, 0.2) is 0 Å². The maximum atomic E-state index is 12.9. The molecule has 0 aromatic heterocycles. The Balaban J connectivity index is 1.98. The van der Waals surface area contributed by atoms with Gasteiger partial charge in [0.2, 0.25) is 5.60 Å². The lowest BCUT2D eigenvalue weighted by Gasteiger charge is -2.30. The highest BCUT2D eigenvalue weighted by Gasteiger charge is 2.53. The van der Waals surface area contributed by atoms with Gasteiger partial charge in [0.1, 0.15) is 10.1 Å². The predicted molar refractivity (Wildman–Crippen MR) is 128 cm³/mol. The van der Waals surface area contributed by atoms with E-state index in [0.29, 0.717) is 15.7 Å². The van der Waals surface area contributed by atoms with Crippen molar-refractivity contribution in [1.82, 2.24) is 0 Å². The topological polar surface area (TPSA) is 51.0 Å². The largest absolute Gasteiger partial charge is 0.436 e. The second-order valence-corrected chi connectivity index (χ2v) is 8.12. The average Bonchev–Trinajstić information content (AvgIpc) is 3.10. The molecule has 0 radical (unpaired) electrons. The van der Waals surface area contributed by atoms with Crippen LogP contribution in [0.15, 0.2) is 94.9 Å². The summed E-state index contributed by atoms with van der Waals surface area (Å²) in [5.41, 5.74) is 1.71. The van der Waals surface area contributed by atoms with E-state index in [9.17, 15) is 4.79 Å². The number of thioether (sulfide) groups is 2. The van der Waals surface area contributed by atoms with Gasteiger partial charge in [0, 0.05) is 5.56 Å². The molecule has 3 aromatic rings. The summed E-state index contributed by atoms with van der Waals surface area (Å²) in [5.74, 6) is -0.366. The van der Waals surface area contributed by atoms with E-state index in [1.807, 2.05) is 91.4 Å². The molecule has 30 heavy (non-hydrogen) atoms. The Hall–Kier alpha value is -2.83. The Bertz CT molecular complexity index is 1050. The van der Waals surface area contributed by atoms with Gasteiger partial charge in [-0.15, -0.1) is 23.5 Å². The number of fused-ring (bicyclic) bond motifs is 1. The second-order valence-electron chi connectivity index (χ2n) is 6.53. The van der Waals surface area contributed by atoms with Crippen molar-refractivity contribution in [3.05, 3.63) is 96.1 Å². The van der Waals surface area contributed by atoms with Gasteiger partial charge in [-0.1, -0.05) is 54.6 Å². The second kappa shape index (κ2) is 8.90. The SMILES string of the molecule is CSC(=Nc1ccccc1)C1(C(=Nc2ccccc2)SC)OC(=O)c2ccccc21. The zero-order chi connectivity index (χ0) is 21.0. The molecule has 0 saturated carbocycles. The van der Waals surface area contributed by atoms with Crippen LogP contribution in [0.2, 0.25) is 0 Å². The summed E-state index contributed by atoms with van der Waals surface area (Å²) in [6.45, 7) is 0. The van der Waals surface area contributed by atoms with Crippen molar-refractivity contribution in [3.63, 3.8) is 0 Å². The molecule has 0 bridgehead atoms. The third-order valence-electron chi connectivity index (χ3n) is 4.73. The fourth-order valence-electron chi connectivity index (χ4n) is 3.40.